The SMILES string of the molecule is CC(C)[C@@H]1CC[C@@H](C)C[C@@]1(O)C(=O)NCCc1cnccn1. The van der Waals surface area contributed by atoms with Crippen LogP contribution in [-0.2, 0) is 11.2 Å². The van der Waals surface area contributed by atoms with Crippen LogP contribution in [0.1, 0.15) is 45.7 Å². The molecule has 1 amide bonds. The molecule has 0 spiro atoms. The molecule has 0 radical (unpaired) electrons. The lowest BCUT2D eigenvalue weighted by Crippen LogP contribution is -2.56. The van der Waals surface area contributed by atoms with E-state index in [1.165, 1.54) is 0 Å². The van der Waals surface area contributed by atoms with Crippen molar-refractivity contribution in [2.45, 2.75) is 52.1 Å². The van der Waals surface area contributed by atoms with Gasteiger partial charge in [-0.1, -0.05) is 27.2 Å². The lowest BCUT2D eigenvalue weighted by Gasteiger charge is -2.43. The van der Waals surface area contributed by atoms with Gasteiger partial charge in [0.1, 0.15) is 5.60 Å². The van der Waals surface area contributed by atoms with Crippen molar-refractivity contribution < 1.29 is 9.90 Å². The molecule has 0 unspecified atom stereocenters. The van der Waals surface area contributed by atoms with Crippen molar-refractivity contribution in [3.05, 3.63) is 24.3 Å². The van der Waals surface area contributed by atoms with Gasteiger partial charge in [0, 0.05) is 31.6 Å². The van der Waals surface area contributed by atoms with Crippen LogP contribution in [0.3, 0.4) is 0 Å². The third-order valence-corrected chi connectivity index (χ3v) is 4.72. The largest absolute Gasteiger partial charge is 0.380 e. The Labute approximate surface area is 132 Å². The van der Waals surface area contributed by atoms with Crippen molar-refractivity contribution in [2.24, 2.45) is 17.8 Å². The number of carbonyl (C=O) groups is 1. The zero-order valence-electron chi connectivity index (χ0n) is 13.7. The summed E-state index contributed by atoms with van der Waals surface area (Å²) >= 11 is 0. The smallest absolute Gasteiger partial charge is 0.252 e. The number of hydrogen-bond donors (Lipinski definition) is 2. The van der Waals surface area contributed by atoms with E-state index in [2.05, 4.69) is 36.1 Å². The van der Waals surface area contributed by atoms with Crippen molar-refractivity contribution in [2.75, 3.05) is 6.54 Å². The van der Waals surface area contributed by atoms with Gasteiger partial charge in [-0.2, -0.15) is 0 Å². The van der Waals surface area contributed by atoms with E-state index in [0.29, 0.717) is 31.2 Å². The molecule has 3 atom stereocenters. The Kier molecular flexibility index (Phi) is 5.51. The Morgan fingerprint density at radius 2 is 2.23 bits per heavy atom. The lowest BCUT2D eigenvalue weighted by atomic mass is 9.66. The number of aliphatic hydroxyl groups is 1. The summed E-state index contributed by atoms with van der Waals surface area (Å²) in [7, 11) is 0. The number of nitrogens with one attached hydrogen (secondary N) is 1. The van der Waals surface area contributed by atoms with Crippen LogP contribution in [0, 0.1) is 17.8 Å². The number of amides is 1. The third-order valence-electron chi connectivity index (χ3n) is 4.72. The molecule has 1 fully saturated rings. The zero-order chi connectivity index (χ0) is 16.2. The third kappa shape index (κ3) is 3.83. The molecule has 0 aliphatic heterocycles. The first-order valence-electron chi connectivity index (χ1n) is 8.19. The maximum atomic E-state index is 12.6. The average molecular weight is 305 g/mol. The van der Waals surface area contributed by atoms with E-state index in [0.717, 1.165) is 18.5 Å². The molecule has 1 aliphatic carbocycles. The molecule has 122 valence electrons. The van der Waals surface area contributed by atoms with Gasteiger partial charge in [-0.25, -0.2) is 0 Å². The van der Waals surface area contributed by atoms with Crippen molar-refractivity contribution in [3.8, 4) is 0 Å². The van der Waals surface area contributed by atoms with Crippen molar-refractivity contribution in [3.63, 3.8) is 0 Å². The minimum Gasteiger partial charge on any atom is -0.380 e. The monoisotopic (exact) mass is 305 g/mol. The first kappa shape index (κ1) is 16.9. The fraction of sp³-hybridized carbons (Fsp3) is 0.706. The van der Waals surface area contributed by atoms with Crippen LogP contribution in [-0.4, -0.2) is 33.1 Å². The standard InChI is InChI=1S/C17H27N3O2/c1-12(2)15-5-4-13(3)10-17(15,22)16(21)20-7-6-14-11-18-8-9-19-14/h8-9,11-13,15,22H,4-7,10H2,1-3H3,(H,20,21)/t13-,15+,17+/m1/s1. The summed E-state index contributed by atoms with van der Waals surface area (Å²) in [6.07, 6.45) is 8.12. The van der Waals surface area contributed by atoms with Crippen LogP contribution in [0.4, 0.5) is 0 Å². The molecular formula is C17H27N3O2. The second-order valence-electron chi connectivity index (χ2n) is 6.86. The molecule has 1 aliphatic rings. The van der Waals surface area contributed by atoms with Gasteiger partial charge in [-0.15, -0.1) is 0 Å². The molecule has 5 heteroatoms. The molecule has 1 aromatic rings. The van der Waals surface area contributed by atoms with Crippen molar-refractivity contribution in [1.82, 2.24) is 15.3 Å². The average Bonchev–Trinajstić information content (AvgIpc) is 2.47. The molecule has 0 aromatic carbocycles. The number of hydrogen-bond acceptors (Lipinski definition) is 4. The quantitative estimate of drug-likeness (QED) is 0.872. The second-order valence-corrected chi connectivity index (χ2v) is 6.86. The Morgan fingerprint density at radius 1 is 1.45 bits per heavy atom. The molecule has 1 heterocycles. The molecule has 5 nitrogen and oxygen atoms in total. The highest BCUT2D eigenvalue weighted by Gasteiger charge is 2.48. The summed E-state index contributed by atoms with van der Waals surface area (Å²) < 4.78 is 0. The Morgan fingerprint density at radius 3 is 2.86 bits per heavy atom. The van der Waals surface area contributed by atoms with Crippen LogP contribution in [0.15, 0.2) is 18.6 Å². The van der Waals surface area contributed by atoms with Gasteiger partial charge >= 0.3 is 0 Å². The fourth-order valence-corrected chi connectivity index (χ4v) is 3.55. The zero-order valence-corrected chi connectivity index (χ0v) is 13.7. The first-order chi connectivity index (χ1) is 10.4. The Bertz CT molecular complexity index is 492. The highest BCUT2D eigenvalue weighted by atomic mass is 16.3. The fourth-order valence-electron chi connectivity index (χ4n) is 3.55. The van der Waals surface area contributed by atoms with Gasteiger partial charge in [0.25, 0.3) is 5.91 Å². The van der Waals surface area contributed by atoms with E-state index in [4.69, 9.17) is 0 Å². The predicted octanol–water partition coefficient (Wildman–Crippen LogP) is 1.96. The highest BCUT2D eigenvalue weighted by Crippen LogP contribution is 2.41. The highest BCUT2D eigenvalue weighted by molar-refractivity contribution is 5.85. The minimum atomic E-state index is -1.24. The first-order valence-corrected chi connectivity index (χ1v) is 8.19. The normalized spacial score (nSPS) is 28.6. The number of nitrogens with zero attached hydrogens (tertiary/aromatic N) is 2. The van der Waals surface area contributed by atoms with E-state index in [9.17, 15) is 9.90 Å². The molecule has 22 heavy (non-hydrogen) atoms. The Hall–Kier alpha value is -1.49. The maximum absolute atomic E-state index is 12.6. The van der Waals surface area contributed by atoms with Gasteiger partial charge in [-0.3, -0.25) is 14.8 Å². The maximum Gasteiger partial charge on any atom is 0.252 e. The van der Waals surface area contributed by atoms with Gasteiger partial charge < -0.3 is 10.4 Å². The van der Waals surface area contributed by atoms with Crippen molar-refractivity contribution >= 4 is 5.91 Å². The van der Waals surface area contributed by atoms with Gasteiger partial charge in [0.15, 0.2) is 0 Å². The lowest BCUT2D eigenvalue weighted by molar-refractivity contribution is -0.155. The molecule has 2 rings (SSSR count). The van der Waals surface area contributed by atoms with E-state index < -0.39 is 5.60 Å². The van der Waals surface area contributed by atoms with E-state index in [-0.39, 0.29) is 11.8 Å². The van der Waals surface area contributed by atoms with Gasteiger partial charge in [-0.05, 0) is 30.6 Å². The summed E-state index contributed by atoms with van der Waals surface area (Å²) in [4.78, 5) is 20.8. The topological polar surface area (TPSA) is 75.1 Å². The van der Waals surface area contributed by atoms with Crippen LogP contribution in [0.2, 0.25) is 0 Å². The number of rotatable bonds is 5. The van der Waals surface area contributed by atoms with Crippen LogP contribution in [0.25, 0.3) is 0 Å². The molecule has 0 bridgehead atoms. The summed E-state index contributed by atoms with van der Waals surface area (Å²) in [5, 5.41) is 13.9. The number of aromatic nitrogens is 2. The van der Waals surface area contributed by atoms with E-state index >= 15 is 0 Å². The molecule has 2 N–H and O–H groups in total. The molecule has 1 aromatic heterocycles. The van der Waals surface area contributed by atoms with E-state index in [1.807, 2.05) is 0 Å². The van der Waals surface area contributed by atoms with Crippen molar-refractivity contribution in [1.29, 1.82) is 0 Å². The van der Waals surface area contributed by atoms with Crippen LogP contribution < -0.4 is 5.32 Å². The molecule has 1 saturated carbocycles. The predicted molar refractivity (Wildman–Crippen MR) is 85.0 cm³/mol. The van der Waals surface area contributed by atoms with Crippen LogP contribution in [0.5, 0.6) is 0 Å². The van der Waals surface area contributed by atoms with Gasteiger partial charge in [0.2, 0.25) is 0 Å². The Balaban J connectivity index is 1.96. The summed E-state index contributed by atoms with van der Waals surface area (Å²) in [5.74, 6) is 0.468. The number of carbonyl (C=O) groups excluding carboxylic acids is 1. The molecule has 0 saturated heterocycles. The second kappa shape index (κ2) is 7.18. The van der Waals surface area contributed by atoms with Crippen LogP contribution >= 0.6 is 0 Å². The minimum absolute atomic E-state index is 0.0280. The van der Waals surface area contributed by atoms with Gasteiger partial charge in [0.05, 0.1) is 5.69 Å². The van der Waals surface area contributed by atoms with E-state index in [1.54, 1.807) is 18.6 Å². The summed E-state index contributed by atoms with van der Waals surface area (Å²) in [6, 6.07) is 0. The molecular weight excluding hydrogens is 278 g/mol. The summed E-state index contributed by atoms with van der Waals surface area (Å²) in [5.41, 5.74) is -0.402. The summed E-state index contributed by atoms with van der Waals surface area (Å²) in [6.45, 7) is 6.74.